The van der Waals surface area contributed by atoms with Crippen LogP contribution in [0.5, 0.6) is 5.75 Å². The second kappa shape index (κ2) is 4.37. The number of anilines is 1. The van der Waals surface area contributed by atoms with Gasteiger partial charge in [0.15, 0.2) is 5.76 Å². The first-order valence-corrected chi connectivity index (χ1v) is 6.29. The van der Waals surface area contributed by atoms with E-state index in [0.717, 1.165) is 48.6 Å². The molecular weight excluding hydrogens is 228 g/mol. The topological polar surface area (TPSA) is 61.3 Å². The van der Waals surface area contributed by atoms with Gasteiger partial charge in [-0.05, 0) is 43.0 Å². The Morgan fingerprint density at radius 2 is 2.28 bits per heavy atom. The highest BCUT2D eigenvalue weighted by Gasteiger charge is 2.16. The number of hydrogen-bond donors (Lipinski definition) is 1. The first-order chi connectivity index (χ1) is 8.78. The van der Waals surface area contributed by atoms with Gasteiger partial charge in [-0.3, -0.25) is 0 Å². The number of benzene rings is 1. The fraction of sp³-hybridized carbons (Fsp3) is 0.357. The third-order valence-corrected chi connectivity index (χ3v) is 3.22. The van der Waals surface area contributed by atoms with Crippen LogP contribution in [0.15, 0.2) is 22.6 Å². The first kappa shape index (κ1) is 11.1. The van der Waals surface area contributed by atoms with Crippen molar-refractivity contribution in [2.24, 2.45) is 0 Å². The third-order valence-electron chi connectivity index (χ3n) is 3.22. The molecule has 0 aliphatic carbocycles. The first-order valence-electron chi connectivity index (χ1n) is 6.29. The zero-order chi connectivity index (χ0) is 12.5. The molecule has 0 unspecified atom stereocenters. The van der Waals surface area contributed by atoms with Crippen LogP contribution in [0.2, 0.25) is 0 Å². The number of hydrogen-bond acceptors (Lipinski definition) is 4. The molecule has 0 spiro atoms. The molecule has 1 aliphatic rings. The smallest absolute Gasteiger partial charge is 0.292 e. The van der Waals surface area contributed by atoms with Crippen molar-refractivity contribution in [2.45, 2.75) is 26.2 Å². The molecule has 4 heteroatoms. The van der Waals surface area contributed by atoms with Gasteiger partial charge in [-0.25, -0.2) is 0 Å². The van der Waals surface area contributed by atoms with E-state index in [9.17, 15) is 0 Å². The Labute approximate surface area is 106 Å². The van der Waals surface area contributed by atoms with Crippen LogP contribution < -0.4 is 10.5 Å². The Balaban J connectivity index is 2.06. The van der Waals surface area contributed by atoms with E-state index in [0.29, 0.717) is 0 Å². The van der Waals surface area contributed by atoms with Gasteiger partial charge >= 0.3 is 0 Å². The van der Waals surface area contributed by atoms with Gasteiger partial charge in [0.05, 0.1) is 12.3 Å². The summed E-state index contributed by atoms with van der Waals surface area (Å²) in [5, 5.41) is 0. The van der Waals surface area contributed by atoms with Crippen LogP contribution in [-0.2, 0) is 12.8 Å². The molecule has 0 bridgehead atoms. The van der Waals surface area contributed by atoms with Gasteiger partial charge in [-0.15, -0.1) is 0 Å². The van der Waals surface area contributed by atoms with E-state index < -0.39 is 0 Å². The molecule has 3 rings (SSSR count). The Morgan fingerprint density at radius 3 is 3.11 bits per heavy atom. The molecule has 18 heavy (non-hydrogen) atoms. The number of ether oxygens (including phenoxy) is 1. The Hall–Kier alpha value is -1.97. The zero-order valence-electron chi connectivity index (χ0n) is 10.4. The standard InChI is InChI=1S/C14H16N2O2/c1-2-11-13(18-14(15)16-11)10-5-6-12-9(8-10)4-3-7-17-12/h5-6,8H,2-4,7H2,1H3,(H2,15,16). The molecule has 0 fully saturated rings. The van der Waals surface area contributed by atoms with E-state index >= 15 is 0 Å². The highest BCUT2D eigenvalue weighted by Crippen LogP contribution is 2.32. The molecule has 1 aromatic heterocycles. The number of nitrogen functional groups attached to an aromatic ring is 1. The lowest BCUT2D eigenvalue weighted by Gasteiger charge is -2.17. The Bertz CT molecular complexity index is 575. The Kier molecular flexibility index (Phi) is 2.70. The molecule has 0 saturated heterocycles. The zero-order valence-corrected chi connectivity index (χ0v) is 10.4. The quantitative estimate of drug-likeness (QED) is 0.882. The van der Waals surface area contributed by atoms with E-state index in [2.05, 4.69) is 11.1 Å². The fourth-order valence-corrected chi connectivity index (χ4v) is 2.34. The minimum Gasteiger partial charge on any atom is -0.493 e. The van der Waals surface area contributed by atoms with Crippen LogP contribution >= 0.6 is 0 Å². The highest BCUT2D eigenvalue weighted by atomic mass is 16.5. The average molecular weight is 244 g/mol. The van der Waals surface area contributed by atoms with Gasteiger partial charge in [0.25, 0.3) is 6.01 Å². The van der Waals surface area contributed by atoms with Crippen molar-refractivity contribution in [1.82, 2.24) is 4.98 Å². The second-order valence-electron chi connectivity index (χ2n) is 4.46. The van der Waals surface area contributed by atoms with Crippen LogP contribution in [0, 0.1) is 0 Å². The summed E-state index contributed by atoms with van der Waals surface area (Å²) in [4.78, 5) is 4.20. The highest BCUT2D eigenvalue weighted by molar-refractivity contribution is 5.64. The van der Waals surface area contributed by atoms with Gasteiger partial charge in [0.1, 0.15) is 5.75 Å². The largest absolute Gasteiger partial charge is 0.493 e. The SMILES string of the molecule is CCc1nc(N)oc1-c1ccc2c(c1)CCCO2. The number of rotatable bonds is 2. The molecule has 1 aliphatic heterocycles. The van der Waals surface area contributed by atoms with E-state index in [-0.39, 0.29) is 6.01 Å². The van der Waals surface area contributed by atoms with Gasteiger partial charge < -0.3 is 14.9 Å². The molecule has 1 aromatic carbocycles. The summed E-state index contributed by atoms with van der Waals surface area (Å²) in [6, 6.07) is 6.36. The predicted molar refractivity (Wildman–Crippen MR) is 69.5 cm³/mol. The van der Waals surface area contributed by atoms with Crippen molar-refractivity contribution in [2.75, 3.05) is 12.3 Å². The lowest BCUT2D eigenvalue weighted by atomic mass is 10.0. The van der Waals surface area contributed by atoms with Crippen molar-refractivity contribution in [3.63, 3.8) is 0 Å². The maximum atomic E-state index is 5.63. The molecular formula is C14H16N2O2. The minimum atomic E-state index is 0.232. The molecule has 2 aromatic rings. The lowest BCUT2D eigenvalue weighted by molar-refractivity contribution is 0.288. The van der Waals surface area contributed by atoms with Crippen LogP contribution in [-0.4, -0.2) is 11.6 Å². The van der Waals surface area contributed by atoms with Crippen molar-refractivity contribution >= 4 is 6.01 Å². The summed E-state index contributed by atoms with van der Waals surface area (Å²) in [5.74, 6) is 1.76. The number of fused-ring (bicyclic) bond motifs is 1. The molecule has 0 amide bonds. The summed E-state index contributed by atoms with van der Waals surface area (Å²) in [7, 11) is 0. The van der Waals surface area contributed by atoms with E-state index in [1.165, 1.54) is 5.56 Å². The summed E-state index contributed by atoms with van der Waals surface area (Å²) in [6.07, 6.45) is 2.92. The molecule has 4 nitrogen and oxygen atoms in total. The Morgan fingerprint density at radius 1 is 1.39 bits per heavy atom. The van der Waals surface area contributed by atoms with Gasteiger partial charge in [-0.1, -0.05) is 6.92 Å². The number of nitrogens with zero attached hydrogens (tertiary/aromatic N) is 1. The molecule has 0 atom stereocenters. The molecule has 0 saturated carbocycles. The molecule has 2 heterocycles. The van der Waals surface area contributed by atoms with Crippen LogP contribution in [0.3, 0.4) is 0 Å². The average Bonchev–Trinajstić information content (AvgIpc) is 2.79. The molecule has 0 radical (unpaired) electrons. The second-order valence-corrected chi connectivity index (χ2v) is 4.46. The van der Waals surface area contributed by atoms with E-state index in [4.69, 9.17) is 14.9 Å². The summed E-state index contributed by atoms with van der Waals surface area (Å²) in [5.41, 5.74) is 8.79. The predicted octanol–water partition coefficient (Wildman–Crippen LogP) is 2.81. The summed E-state index contributed by atoms with van der Waals surface area (Å²) >= 11 is 0. The van der Waals surface area contributed by atoms with Crippen molar-refractivity contribution in [1.29, 1.82) is 0 Å². The van der Waals surface area contributed by atoms with Gasteiger partial charge in [0.2, 0.25) is 0 Å². The van der Waals surface area contributed by atoms with Crippen LogP contribution in [0.4, 0.5) is 6.01 Å². The van der Waals surface area contributed by atoms with E-state index in [1.54, 1.807) is 0 Å². The maximum Gasteiger partial charge on any atom is 0.292 e. The van der Waals surface area contributed by atoms with Crippen molar-refractivity contribution < 1.29 is 9.15 Å². The number of nitrogens with two attached hydrogens (primary N) is 1. The number of aryl methyl sites for hydroxylation is 2. The van der Waals surface area contributed by atoms with Crippen LogP contribution in [0.1, 0.15) is 24.6 Å². The van der Waals surface area contributed by atoms with Crippen molar-refractivity contribution in [3.05, 3.63) is 29.5 Å². The minimum absolute atomic E-state index is 0.232. The molecule has 94 valence electrons. The fourth-order valence-electron chi connectivity index (χ4n) is 2.34. The number of oxazole rings is 1. The monoisotopic (exact) mass is 244 g/mol. The lowest BCUT2D eigenvalue weighted by Crippen LogP contribution is -2.08. The normalized spacial score (nSPS) is 14.1. The third kappa shape index (κ3) is 1.83. The van der Waals surface area contributed by atoms with Crippen molar-refractivity contribution in [3.8, 4) is 17.1 Å². The summed E-state index contributed by atoms with van der Waals surface area (Å²) < 4.78 is 11.1. The van der Waals surface area contributed by atoms with E-state index in [1.807, 2.05) is 19.1 Å². The van der Waals surface area contributed by atoms with Gasteiger partial charge in [0, 0.05) is 5.56 Å². The maximum absolute atomic E-state index is 5.63. The number of aromatic nitrogens is 1. The molecule has 2 N–H and O–H groups in total. The van der Waals surface area contributed by atoms with Gasteiger partial charge in [-0.2, -0.15) is 4.98 Å². The van der Waals surface area contributed by atoms with Crippen LogP contribution in [0.25, 0.3) is 11.3 Å². The summed E-state index contributed by atoms with van der Waals surface area (Å²) in [6.45, 7) is 2.85.